The Balaban J connectivity index is 1.33. The van der Waals surface area contributed by atoms with Crippen molar-refractivity contribution in [2.75, 3.05) is 13.1 Å². The lowest BCUT2D eigenvalue weighted by Gasteiger charge is -2.32. The molecule has 0 N–H and O–H groups in total. The molecule has 0 saturated carbocycles. The maximum absolute atomic E-state index is 13.0. The Morgan fingerprint density at radius 2 is 1.59 bits per heavy atom. The van der Waals surface area contributed by atoms with Crippen molar-refractivity contribution in [2.24, 2.45) is 5.92 Å². The fraction of sp³-hybridized carbons (Fsp3) is 0.286. The number of likely N-dealkylation sites (tertiary alicyclic amines) is 1. The van der Waals surface area contributed by atoms with Crippen molar-refractivity contribution >= 4 is 5.91 Å². The normalized spacial score (nSPS) is 15.1. The average molecular weight is 364 g/mol. The summed E-state index contributed by atoms with van der Waals surface area (Å²) in [5, 5.41) is 7.58. The second-order valence-electron chi connectivity index (χ2n) is 6.98. The zero-order chi connectivity index (χ0) is 18.6. The lowest BCUT2D eigenvalue weighted by Crippen LogP contribution is -2.38. The van der Waals surface area contributed by atoms with E-state index in [1.54, 1.807) is 17.2 Å². The molecule has 1 saturated heterocycles. The van der Waals surface area contributed by atoms with Crippen LogP contribution in [0.25, 0.3) is 5.69 Å². The standard InChI is InChI=1S/C21H21FN4O/c22-19-5-1-16(2-6-19)13-17-9-11-25(12-10-17)21(27)18-3-7-20(8-4-18)26-14-23-24-15-26/h1-8,14-15,17H,9-13H2. The zero-order valence-corrected chi connectivity index (χ0v) is 15.0. The van der Waals surface area contributed by atoms with Crippen LogP contribution in [-0.4, -0.2) is 38.7 Å². The van der Waals surface area contributed by atoms with Gasteiger partial charge in [-0.1, -0.05) is 12.1 Å². The summed E-state index contributed by atoms with van der Waals surface area (Å²) in [4.78, 5) is 14.7. The van der Waals surface area contributed by atoms with E-state index in [0.29, 0.717) is 11.5 Å². The van der Waals surface area contributed by atoms with Crippen LogP contribution in [-0.2, 0) is 6.42 Å². The number of hydrogen-bond donors (Lipinski definition) is 0. The van der Waals surface area contributed by atoms with Crippen LogP contribution in [0.5, 0.6) is 0 Å². The fourth-order valence-corrected chi connectivity index (χ4v) is 3.59. The van der Waals surface area contributed by atoms with E-state index in [4.69, 9.17) is 0 Å². The van der Waals surface area contributed by atoms with Gasteiger partial charge in [-0.25, -0.2) is 4.39 Å². The minimum atomic E-state index is -0.200. The molecule has 1 fully saturated rings. The van der Waals surface area contributed by atoms with Crippen LogP contribution in [0.15, 0.2) is 61.2 Å². The second kappa shape index (κ2) is 7.70. The van der Waals surface area contributed by atoms with E-state index < -0.39 is 0 Å². The largest absolute Gasteiger partial charge is 0.339 e. The molecule has 1 amide bonds. The highest BCUT2D eigenvalue weighted by Gasteiger charge is 2.23. The summed E-state index contributed by atoms with van der Waals surface area (Å²) >= 11 is 0. The zero-order valence-electron chi connectivity index (χ0n) is 15.0. The Hall–Kier alpha value is -3.02. The Labute approximate surface area is 157 Å². The van der Waals surface area contributed by atoms with Crippen molar-refractivity contribution in [3.05, 3.63) is 78.1 Å². The van der Waals surface area contributed by atoms with Gasteiger partial charge in [0.2, 0.25) is 0 Å². The summed E-state index contributed by atoms with van der Waals surface area (Å²) in [6, 6.07) is 14.2. The monoisotopic (exact) mass is 364 g/mol. The van der Waals surface area contributed by atoms with Crippen molar-refractivity contribution in [1.29, 1.82) is 0 Å². The smallest absolute Gasteiger partial charge is 0.253 e. The summed E-state index contributed by atoms with van der Waals surface area (Å²) in [7, 11) is 0. The lowest BCUT2D eigenvalue weighted by molar-refractivity contribution is 0.0690. The van der Waals surface area contributed by atoms with Gasteiger partial charge in [0, 0.05) is 24.3 Å². The van der Waals surface area contributed by atoms with Gasteiger partial charge in [-0.2, -0.15) is 0 Å². The molecule has 5 nitrogen and oxygen atoms in total. The molecule has 4 rings (SSSR count). The quantitative estimate of drug-likeness (QED) is 0.712. The molecule has 0 bridgehead atoms. The Bertz CT molecular complexity index is 883. The van der Waals surface area contributed by atoms with Gasteiger partial charge < -0.3 is 4.90 Å². The lowest BCUT2D eigenvalue weighted by atomic mass is 9.90. The number of piperidine rings is 1. The Morgan fingerprint density at radius 3 is 2.22 bits per heavy atom. The molecule has 0 atom stereocenters. The van der Waals surface area contributed by atoms with Crippen molar-refractivity contribution < 1.29 is 9.18 Å². The topological polar surface area (TPSA) is 51.0 Å². The number of rotatable bonds is 4. The number of amides is 1. The van der Waals surface area contributed by atoms with Crippen LogP contribution in [0.4, 0.5) is 4.39 Å². The van der Waals surface area contributed by atoms with E-state index in [-0.39, 0.29) is 11.7 Å². The number of benzene rings is 2. The average Bonchev–Trinajstić information content (AvgIpc) is 3.25. The van der Waals surface area contributed by atoms with Crippen LogP contribution in [0, 0.1) is 11.7 Å². The van der Waals surface area contributed by atoms with Crippen LogP contribution in [0.2, 0.25) is 0 Å². The van der Waals surface area contributed by atoms with Crippen LogP contribution < -0.4 is 0 Å². The molecule has 0 spiro atoms. The predicted molar refractivity (Wildman–Crippen MR) is 100 cm³/mol. The number of nitrogens with zero attached hydrogens (tertiary/aromatic N) is 4. The number of carbonyl (C=O) groups is 1. The predicted octanol–water partition coefficient (Wildman–Crippen LogP) is 3.50. The molecular formula is C21H21FN4O. The summed E-state index contributed by atoms with van der Waals surface area (Å²) in [6.45, 7) is 1.52. The maximum Gasteiger partial charge on any atom is 0.253 e. The molecule has 6 heteroatoms. The van der Waals surface area contributed by atoms with Crippen molar-refractivity contribution in [3.63, 3.8) is 0 Å². The van der Waals surface area contributed by atoms with Gasteiger partial charge in [0.1, 0.15) is 18.5 Å². The highest BCUT2D eigenvalue weighted by molar-refractivity contribution is 5.94. The van der Waals surface area contributed by atoms with Gasteiger partial charge in [-0.15, -0.1) is 10.2 Å². The summed E-state index contributed by atoms with van der Waals surface area (Å²) in [5.41, 5.74) is 2.78. The Morgan fingerprint density at radius 1 is 0.963 bits per heavy atom. The summed E-state index contributed by atoms with van der Waals surface area (Å²) in [6.07, 6.45) is 6.14. The van der Waals surface area contributed by atoms with E-state index in [1.807, 2.05) is 41.3 Å². The molecule has 2 aromatic carbocycles. The Kier molecular flexibility index (Phi) is 4.96. The molecule has 138 valence electrons. The van der Waals surface area contributed by atoms with Gasteiger partial charge in [0.25, 0.3) is 5.91 Å². The molecule has 0 aliphatic carbocycles. The van der Waals surface area contributed by atoms with Crippen LogP contribution in [0.3, 0.4) is 0 Å². The van der Waals surface area contributed by atoms with Crippen LogP contribution >= 0.6 is 0 Å². The fourth-order valence-electron chi connectivity index (χ4n) is 3.59. The van der Waals surface area contributed by atoms with E-state index >= 15 is 0 Å². The third-order valence-electron chi connectivity index (χ3n) is 5.17. The SMILES string of the molecule is O=C(c1ccc(-n2cnnc2)cc1)N1CCC(Cc2ccc(F)cc2)CC1. The molecule has 1 aromatic heterocycles. The second-order valence-corrected chi connectivity index (χ2v) is 6.98. The van der Waals surface area contributed by atoms with E-state index in [2.05, 4.69) is 10.2 Å². The minimum absolute atomic E-state index is 0.0746. The van der Waals surface area contributed by atoms with Crippen LogP contribution in [0.1, 0.15) is 28.8 Å². The van der Waals surface area contributed by atoms with Gasteiger partial charge in [-0.05, 0) is 67.1 Å². The van der Waals surface area contributed by atoms with E-state index in [1.165, 1.54) is 12.1 Å². The summed E-state index contributed by atoms with van der Waals surface area (Å²) in [5.74, 6) is 0.413. The van der Waals surface area contributed by atoms with Crippen molar-refractivity contribution in [3.8, 4) is 5.69 Å². The molecule has 27 heavy (non-hydrogen) atoms. The number of halogens is 1. The maximum atomic E-state index is 13.0. The van der Waals surface area contributed by atoms with Gasteiger partial charge in [0.15, 0.2) is 0 Å². The number of carbonyl (C=O) groups excluding carboxylic acids is 1. The summed E-state index contributed by atoms with van der Waals surface area (Å²) < 4.78 is 14.8. The highest BCUT2D eigenvalue weighted by Crippen LogP contribution is 2.23. The molecule has 1 aliphatic rings. The van der Waals surface area contributed by atoms with E-state index in [9.17, 15) is 9.18 Å². The molecule has 0 unspecified atom stereocenters. The first-order valence-corrected chi connectivity index (χ1v) is 9.18. The number of aromatic nitrogens is 3. The first kappa shape index (κ1) is 17.4. The first-order valence-electron chi connectivity index (χ1n) is 9.18. The van der Waals surface area contributed by atoms with Gasteiger partial charge in [0.05, 0.1) is 0 Å². The third-order valence-corrected chi connectivity index (χ3v) is 5.17. The molecule has 1 aliphatic heterocycles. The number of hydrogen-bond acceptors (Lipinski definition) is 3. The van der Waals surface area contributed by atoms with E-state index in [0.717, 1.165) is 43.6 Å². The highest BCUT2D eigenvalue weighted by atomic mass is 19.1. The minimum Gasteiger partial charge on any atom is -0.339 e. The molecule has 2 heterocycles. The molecule has 0 radical (unpaired) electrons. The van der Waals surface area contributed by atoms with Gasteiger partial charge in [-0.3, -0.25) is 9.36 Å². The van der Waals surface area contributed by atoms with Crippen molar-refractivity contribution in [2.45, 2.75) is 19.3 Å². The third kappa shape index (κ3) is 4.05. The molecular weight excluding hydrogens is 343 g/mol. The van der Waals surface area contributed by atoms with Gasteiger partial charge >= 0.3 is 0 Å². The first-order chi connectivity index (χ1) is 13.2. The van der Waals surface area contributed by atoms with Crippen molar-refractivity contribution in [1.82, 2.24) is 19.7 Å². The molecule has 3 aromatic rings.